The van der Waals surface area contributed by atoms with Gasteiger partial charge in [-0.1, -0.05) is 33.1 Å². The third-order valence-electron chi connectivity index (χ3n) is 3.94. The Balaban J connectivity index is 0.00000324. The lowest BCUT2D eigenvalue weighted by atomic mass is 9.95. The van der Waals surface area contributed by atoms with Crippen LogP contribution in [0.2, 0.25) is 0 Å². The lowest BCUT2D eigenvalue weighted by molar-refractivity contribution is -0.125. The van der Waals surface area contributed by atoms with E-state index in [9.17, 15) is 4.79 Å². The number of rotatable bonds is 8. The maximum absolute atomic E-state index is 12.0. The van der Waals surface area contributed by atoms with Crippen LogP contribution in [0.1, 0.15) is 58.8 Å². The molecule has 4 heteroatoms. The summed E-state index contributed by atoms with van der Waals surface area (Å²) in [7, 11) is 0. The summed E-state index contributed by atoms with van der Waals surface area (Å²) in [5.74, 6) is 1.22. The van der Waals surface area contributed by atoms with Crippen LogP contribution in [0, 0.1) is 11.8 Å². The number of hydrogen-bond donors (Lipinski definition) is 2. The first kappa shape index (κ1) is 18.7. The maximum Gasteiger partial charge on any atom is 0.223 e. The van der Waals surface area contributed by atoms with Crippen LogP contribution >= 0.6 is 12.4 Å². The SMILES string of the molecule is CCCCC(CCC)CNC(=O)C1CCNCC1.Cl. The Morgan fingerprint density at radius 2 is 1.89 bits per heavy atom. The van der Waals surface area contributed by atoms with Crippen LogP contribution in [-0.4, -0.2) is 25.5 Å². The lowest BCUT2D eigenvalue weighted by Crippen LogP contribution is -2.39. The summed E-state index contributed by atoms with van der Waals surface area (Å²) in [6.45, 7) is 7.33. The number of piperidine rings is 1. The summed E-state index contributed by atoms with van der Waals surface area (Å²) < 4.78 is 0. The fraction of sp³-hybridized carbons (Fsp3) is 0.933. The number of carbonyl (C=O) groups excluding carboxylic acids is 1. The molecular formula is C15H31ClN2O. The average molecular weight is 291 g/mol. The van der Waals surface area contributed by atoms with Crippen molar-refractivity contribution in [3.8, 4) is 0 Å². The summed E-state index contributed by atoms with van der Waals surface area (Å²) in [4.78, 5) is 12.0. The topological polar surface area (TPSA) is 41.1 Å². The maximum atomic E-state index is 12.0. The zero-order valence-electron chi connectivity index (χ0n) is 12.5. The van der Waals surface area contributed by atoms with Crippen molar-refractivity contribution in [3.05, 3.63) is 0 Å². The number of nitrogens with one attached hydrogen (secondary N) is 2. The molecule has 1 fully saturated rings. The second-order valence-electron chi connectivity index (χ2n) is 5.57. The second-order valence-corrected chi connectivity index (χ2v) is 5.57. The summed E-state index contributed by atoms with van der Waals surface area (Å²) in [6, 6.07) is 0. The Kier molecular flexibility index (Phi) is 11.4. The van der Waals surface area contributed by atoms with Gasteiger partial charge in [-0.2, -0.15) is 0 Å². The minimum atomic E-state index is 0. The predicted octanol–water partition coefficient (Wildman–Crippen LogP) is 3.13. The van der Waals surface area contributed by atoms with Gasteiger partial charge in [0, 0.05) is 12.5 Å². The highest BCUT2D eigenvalue weighted by Crippen LogP contribution is 2.15. The van der Waals surface area contributed by atoms with Gasteiger partial charge in [0.2, 0.25) is 5.91 Å². The minimum absolute atomic E-state index is 0. The van der Waals surface area contributed by atoms with E-state index in [2.05, 4.69) is 24.5 Å². The van der Waals surface area contributed by atoms with Crippen LogP contribution < -0.4 is 10.6 Å². The average Bonchev–Trinajstić information content (AvgIpc) is 2.42. The van der Waals surface area contributed by atoms with Crippen LogP contribution in [0.4, 0.5) is 0 Å². The summed E-state index contributed by atoms with van der Waals surface area (Å²) >= 11 is 0. The Morgan fingerprint density at radius 1 is 1.21 bits per heavy atom. The van der Waals surface area contributed by atoms with E-state index in [1.54, 1.807) is 0 Å². The molecule has 0 radical (unpaired) electrons. The Morgan fingerprint density at radius 3 is 2.47 bits per heavy atom. The van der Waals surface area contributed by atoms with Crippen molar-refractivity contribution in [2.75, 3.05) is 19.6 Å². The summed E-state index contributed by atoms with van der Waals surface area (Å²) in [5.41, 5.74) is 0. The molecule has 0 aliphatic carbocycles. The minimum Gasteiger partial charge on any atom is -0.356 e. The normalized spacial score (nSPS) is 17.6. The highest BCUT2D eigenvalue weighted by Gasteiger charge is 2.21. The Bertz CT molecular complexity index is 230. The number of unbranched alkanes of at least 4 members (excludes halogenated alkanes) is 1. The molecule has 3 nitrogen and oxygen atoms in total. The van der Waals surface area contributed by atoms with Gasteiger partial charge in [-0.05, 0) is 44.7 Å². The van der Waals surface area contributed by atoms with Crippen molar-refractivity contribution in [1.82, 2.24) is 10.6 Å². The molecule has 0 aromatic rings. The molecule has 0 saturated carbocycles. The standard InChI is InChI=1S/C15H30N2O.ClH/c1-3-5-7-13(6-4-2)12-17-15(18)14-8-10-16-11-9-14;/h13-14,16H,3-12H2,1-2H3,(H,17,18);1H. The molecule has 1 rings (SSSR count). The van der Waals surface area contributed by atoms with Gasteiger partial charge in [0.1, 0.15) is 0 Å². The molecule has 1 saturated heterocycles. The van der Waals surface area contributed by atoms with Crippen LogP contribution in [-0.2, 0) is 4.79 Å². The van der Waals surface area contributed by atoms with Crippen LogP contribution in [0.5, 0.6) is 0 Å². The first-order valence-electron chi connectivity index (χ1n) is 7.76. The van der Waals surface area contributed by atoms with Crippen molar-refractivity contribution in [2.45, 2.75) is 58.8 Å². The highest BCUT2D eigenvalue weighted by atomic mass is 35.5. The molecular weight excluding hydrogens is 260 g/mol. The second kappa shape index (κ2) is 11.5. The molecule has 2 N–H and O–H groups in total. The quantitative estimate of drug-likeness (QED) is 0.721. The Hall–Kier alpha value is -0.280. The first-order chi connectivity index (χ1) is 8.77. The van der Waals surface area contributed by atoms with E-state index in [0.29, 0.717) is 5.92 Å². The van der Waals surface area contributed by atoms with Crippen LogP contribution in [0.25, 0.3) is 0 Å². The molecule has 1 unspecified atom stereocenters. The monoisotopic (exact) mass is 290 g/mol. The van der Waals surface area contributed by atoms with E-state index < -0.39 is 0 Å². The zero-order valence-corrected chi connectivity index (χ0v) is 13.4. The van der Waals surface area contributed by atoms with E-state index in [4.69, 9.17) is 0 Å². The zero-order chi connectivity index (χ0) is 13.2. The van der Waals surface area contributed by atoms with E-state index in [0.717, 1.165) is 32.5 Å². The van der Waals surface area contributed by atoms with Crippen molar-refractivity contribution >= 4 is 18.3 Å². The fourth-order valence-corrected chi connectivity index (χ4v) is 2.72. The molecule has 1 aliphatic heterocycles. The van der Waals surface area contributed by atoms with E-state index in [-0.39, 0.29) is 24.2 Å². The van der Waals surface area contributed by atoms with Gasteiger partial charge in [0.25, 0.3) is 0 Å². The van der Waals surface area contributed by atoms with Crippen molar-refractivity contribution in [3.63, 3.8) is 0 Å². The van der Waals surface area contributed by atoms with Gasteiger partial charge in [0.05, 0.1) is 0 Å². The van der Waals surface area contributed by atoms with Gasteiger partial charge in [-0.15, -0.1) is 12.4 Å². The molecule has 0 aromatic carbocycles. The van der Waals surface area contributed by atoms with Gasteiger partial charge in [-0.3, -0.25) is 4.79 Å². The molecule has 1 atom stereocenters. The summed E-state index contributed by atoms with van der Waals surface area (Å²) in [5, 5.41) is 6.48. The molecule has 1 amide bonds. The van der Waals surface area contributed by atoms with Crippen molar-refractivity contribution in [2.24, 2.45) is 11.8 Å². The third-order valence-corrected chi connectivity index (χ3v) is 3.94. The largest absolute Gasteiger partial charge is 0.356 e. The van der Waals surface area contributed by atoms with Crippen LogP contribution in [0.3, 0.4) is 0 Å². The number of carbonyl (C=O) groups is 1. The van der Waals surface area contributed by atoms with E-state index in [1.807, 2.05) is 0 Å². The number of amides is 1. The molecule has 19 heavy (non-hydrogen) atoms. The van der Waals surface area contributed by atoms with E-state index in [1.165, 1.54) is 32.1 Å². The van der Waals surface area contributed by atoms with E-state index >= 15 is 0 Å². The molecule has 0 aromatic heterocycles. The summed E-state index contributed by atoms with van der Waals surface area (Å²) in [6.07, 6.45) is 8.26. The van der Waals surface area contributed by atoms with Gasteiger partial charge >= 0.3 is 0 Å². The van der Waals surface area contributed by atoms with Crippen LogP contribution in [0.15, 0.2) is 0 Å². The fourth-order valence-electron chi connectivity index (χ4n) is 2.72. The highest BCUT2D eigenvalue weighted by molar-refractivity contribution is 5.85. The number of halogens is 1. The molecule has 1 heterocycles. The molecule has 0 spiro atoms. The molecule has 1 aliphatic rings. The molecule has 114 valence electrons. The van der Waals surface area contributed by atoms with Gasteiger partial charge in [-0.25, -0.2) is 0 Å². The predicted molar refractivity (Wildman–Crippen MR) is 83.8 cm³/mol. The molecule has 0 bridgehead atoms. The van der Waals surface area contributed by atoms with Crippen molar-refractivity contribution < 1.29 is 4.79 Å². The van der Waals surface area contributed by atoms with Crippen molar-refractivity contribution in [1.29, 1.82) is 0 Å². The number of hydrogen-bond acceptors (Lipinski definition) is 2. The third kappa shape index (κ3) is 7.78. The van der Waals surface area contributed by atoms with Gasteiger partial charge in [0.15, 0.2) is 0 Å². The smallest absolute Gasteiger partial charge is 0.223 e. The Labute approximate surface area is 124 Å². The first-order valence-corrected chi connectivity index (χ1v) is 7.76. The lowest BCUT2D eigenvalue weighted by Gasteiger charge is -2.23. The van der Waals surface area contributed by atoms with Gasteiger partial charge < -0.3 is 10.6 Å².